The van der Waals surface area contributed by atoms with Gasteiger partial charge in [-0.2, -0.15) is 0 Å². The van der Waals surface area contributed by atoms with E-state index in [4.69, 9.17) is 4.74 Å². The summed E-state index contributed by atoms with van der Waals surface area (Å²) in [5.74, 6) is 1.97. The molecule has 33 heavy (non-hydrogen) atoms. The van der Waals surface area contributed by atoms with Crippen molar-refractivity contribution in [2.75, 3.05) is 20.2 Å². The van der Waals surface area contributed by atoms with Crippen LogP contribution in [0.25, 0.3) is 5.69 Å². The fourth-order valence-corrected chi connectivity index (χ4v) is 4.40. The SMILES string of the molecule is COc1cccc(CN2CCC(NC(=O)c3nc(C)n(-c4ccccc4C(C)C)n3)CC2)c1. The van der Waals surface area contributed by atoms with E-state index in [0.717, 1.165) is 43.9 Å². The van der Waals surface area contributed by atoms with Crippen LogP contribution in [0, 0.1) is 6.92 Å². The monoisotopic (exact) mass is 447 g/mol. The maximum Gasteiger partial charge on any atom is 0.291 e. The van der Waals surface area contributed by atoms with Crippen molar-refractivity contribution in [2.24, 2.45) is 0 Å². The minimum Gasteiger partial charge on any atom is -0.497 e. The van der Waals surface area contributed by atoms with E-state index in [1.165, 1.54) is 11.1 Å². The summed E-state index contributed by atoms with van der Waals surface area (Å²) in [6.07, 6.45) is 1.82. The Kier molecular flexibility index (Phi) is 7.08. The number of ether oxygens (including phenoxy) is 1. The van der Waals surface area contributed by atoms with Crippen molar-refractivity contribution in [3.8, 4) is 11.4 Å². The van der Waals surface area contributed by atoms with E-state index in [2.05, 4.69) is 52.3 Å². The van der Waals surface area contributed by atoms with E-state index < -0.39 is 0 Å². The molecule has 1 aliphatic rings. The molecule has 7 heteroatoms. The lowest BCUT2D eigenvalue weighted by Gasteiger charge is -2.32. The first-order valence-electron chi connectivity index (χ1n) is 11.6. The highest BCUT2D eigenvalue weighted by molar-refractivity contribution is 5.90. The molecule has 0 bridgehead atoms. The third-order valence-corrected chi connectivity index (χ3v) is 6.22. The number of carbonyl (C=O) groups excluding carboxylic acids is 1. The van der Waals surface area contributed by atoms with Crippen LogP contribution in [0.2, 0.25) is 0 Å². The highest BCUT2D eigenvalue weighted by Crippen LogP contribution is 2.23. The Morgan fingerprint density at radius 1 is 1.15 bits per heavy atom. The Labute approximate surface area is 195 Å². The number of carbonyl (C=O) groups is 1. The van der Waals surface area contributed by atoms with Crippen molar-refractivity contribution in [1.82, 2.24) is 25.0 Å². The predicted octanol–water partition coefficient (Wildman–Crippen LogP) is 4.10. The molecule has 1 fully saturated rings. The molecule has 0 unspecified atom stereocenters. The van der Waals surface area contributed by atoms with E-state index in [9.17, 15) is 4.79 Å². The molecule has 0 atom stereocenters. The molecule has 174 valence electrons. The lowest BCUT2D eigenvalue weighted by atomic mass is 10.0. The number of methoxy groups -OCH3 is 1. The number of amides is 1. The zero-order valence-corrected chi connectivity index (χ0v) is 19.9. The van der Waals surface area contributed by atoms with Crippen molar-refractivity contribution in [3.63, 3.8) is 0 Å². The summed E-state index contributed by atoms with van der Waals surface area (Å²) in [5, 5.41) is 7.69. The van der Waals surface area contributed by atoms with E-state index in [0.29, 0.717) is 11.7 Å². The highest BCUT2D eigenvalue weighted by atomic mass is 16.5. The molecule has 2 heterocycles. The normalized spacial score (nSPS) is 15.1. The maximum atomic E-state index is 12.9. The van der Waals surface area contributed by atoms with Gasteiger partial charge in [-0.05, 0) is 55.0 Å². The molecule has 1 N–H and O–H groups in total. The third-order valence-electron chi connectivity index (χ3n) is 6.22. The first-order valence-corrected chi connectivity index (χ1v) is 11.6. The summed E-state index contributed by atoms with van der Waals surface area (Å²) in [6.45, 7) is 8.95. The van der Waals surface area contributed by atoms with E-state index >= 15 is 0 Å². The molecule has 3 aromatic rings. The highest BCUT2D eigenvalue weighted by Gasteiger charge is 2.24. The molecule has 2 aromatic carbocycles. The van der Waals surface area contributed by atoms with Crippen LogP contribution in [0.1, 0.15) is 60.2 Å². The number of piperidine rings is 1. The smallest absolute Gasteiger partial charge is 0.291 e. The van der Waals surface area contributed by atoms with Crippen molar-refractivity contribution < 1.29 is 9.53 Å². The Morgan fingerprint density at radius 2 is 1.91 bits per heavy atom. The van der Waals surface area contributed by atoms with Gasteiger partial charge < -0.3 is 10.1 Å². The van der Waals surface area contributed by atoms with Gasteiger partial charge in [-0.3, -0.25) is 9.69 Å². The van der Waals surface area contributed by atoms with Gasteiger partial charge in [0.2, 0.25) is 5.82 Å². The van der Waals surface area contributed by atoms with Crippen molar-refractivity contribution in [1.29, 1.82) is 0 Å². The topological polar surface area (TPSA) is 72.3 Å². The van der Waals surface area contributed by atoms with Crippen LogP contribution in [0.15, 0.2) is 48.5 Å². The second-order valence-corrected chi connectivity index (χ2v) is 8.98. The summed E-state index contributed by atoms with van der Waals surface area (Å²) in [7, 11) is 1.69. The van der Waals surface area contributed by atoms with Gasteiger partial charge >= 0.3 is 0 Å². The third kappa shape index (κ3) is 5.42. The first kappa shape index (κ1) is 23.0. The number of nitrogens with zero attached hydrogens (tertiary/aromatic N) is 4. The molecule has 0 spiro atoms. The van der Waals surface area contributed by atoms with Crippen molar-refractivity contribution in [2.45, 2.75) is 52.1 Å². The molecule has 1 aliphatic heterocycles. The molecule has 7 nitrogen and oxygen atoms in total. The van der Waals surface area contributed by atoms with Crippen LogP contribution in [-0.4, -0.2) is 51.8 Å². The van der Waals surface area contributed by atoms with Crippen LogP contribution in [0.3, 0.4) is 0 Å². The second kappa shape index (κ2) is 10.2. The molecule has 1 aromatic heterocycles. The summed E-state index contributed by atoms with van der Waals surface area (Å²) >= 11 is 0. The van der Waals surface area contributed by atoms with Gasteiger partial charge in [0.1, 0.15) is 11.6 Å². The fourth-order valence-electron chi connectivity index (χ4n) is 4.40. The van der Waals surface area contributed by atoms with Gasteiger partial charge in [-0.25, -0.2) is 9.67 Å². The average Bonchev–Trinajstić information content (AvgIpc) is 3.22. The van der Waals surface area contributed by atoms with Crippen molar-refractivity contribution in [3.05, 3.63) is 71.3 Å². The van der Waals surface area contributed by atoms with E-state index in [1.807, 2.05) is 37.3 Å². The standard InChI is InChI=1S/C26H33N5O2/c1-18(2)23-10-5-6-11-24(23)31-19(3)27-25(29-31)26(32)28-21-12-14-30(15-13-21)17-20-8-7-9-22(16-20)33-4/h5-11,16,18,21H,12-15,17H2,1-4H3,(H,28,32). The van der Waals surface area contributed by atoms with Crippen LogP contribution < -0.4 is 10.1 Å². The largest absolute Gasteiger partial charge is 0.497 e. The second-order valence-electron chi connectivity index (χ2n) is 8.98. The maximum absolute atomic E-state index is 12.9. The van der Waals surface area contributed by atoms with Gasteiger partial charge in [-0.1, -0.05) is 44.2 Å². The average molecular weight is 448 g/mol. The summed E-state index contributed by atoms with van der Waals surface area (Å²) in [5.41, 5.74) is 3.40. The quantitative estimate of drug-likeness (QED) is 0.590. The molecule has 0 aliphatic carbocycles. The van der Waals surface area contributed by atoms with Gasteiger partial charge in [0.05, 0.1) is 12.8 Å². The predicted molar refractivity (Wildman–Crippen MR) is 129 cm³/mol. The van der Waals surface area contributed by atoms with E-state index in [1.54, 1.807) is 11.8 Å². The fraction of sp³-hybridized carbons (Fsp3) is 0.423. The number of aryl methyl sites for hydroxylation is 1. The number of hydrogen-bond donors (Lipinski definition) is 1. The minimum atomic E-state index is -0.204. The van der Waals surface area contributed by atoms with Crippen LogP contribution in [0.4, 0.5) is 0 Å². The number of rotatable bonds is 7. The molecule has 0 radical (unpaired) electrons. The number of para-hydroxylation sites is 1. The Bertz CT molecular complexity index is 1100. The lowest BCUT2D eigenvalue weighted by Crippen LogP contribution is -2.44. The van der Waals surface area contributed by atoms with Crippen LogP contribution >= 0.6 is 0 Å². The first-order chi connectivity index (χ1) is 15.9. The zero-order valence-electron chi connectivity index (χ0n) is 19.9. The minimum absolute atomic E-state index is 0.134. The van der Waals surface area contributed by atoms with Gasteiger partial charge in [0.15, 0.2) is 0 Å². The molecular weight excluding hydrogens is 414 g/mol. The molecule has 4 rings (SSSR count). The Morgan fingerprint density at radius 3 is 2.64 bits per heavy atom. The van der Waals surface area contributed by atoms with Gasteiger partial charge in [-0.15, -0.1) is 5.10 Å². The van der Waals surface area contributed by atoms with Crippen molar-refractivity contribution >= 4 is 5.91 Å². The summed E-state index contributed by atoms with van der Waals surface area (Å²) < 4.78 is 7.10. The van der Waals surface area contributed by atoms with E-state index in [-0.39, 0.29) is 17.8 Å². The number of nitrogens with one attached hydrogen (secondary N) is 1. The molecular formula is C26H33N5O2. The number of likely N-dealkylation sites (tertiary alicyclic amines) is 1. The van der Waals surface area contributed by atoms with Crippen LogP contribution in [-0.2, 0) is 6.54 Å². The Balaban J connectivity index is 1.36. The number of aromatic nitrogens is 3. The summed E-state index contributed by atoms with van der Waals surface area (Å²) in [6, 6.07) is 16.5. The lowest BCUT2D eigenvalue weighted by molar-refractivity contribution is 0.0898. The van der Waals surface area contributed by atoms with Gasteiger partial charge in [0.25, 0.3) is 5.91 Å². The molecule has 0 saturated carbocycles. The number of benzene rings is 2. The Hall–Kier alpha value is -3.19. The molecule has 1 amide bonds. The van der Waals surface area contributed by atoms with Crippen LogP contribution in [0.5, 0.6) is 5.75 Å². The molecule has 1 saturated heterocycles. The zero-order chi connectivity index (χ0) is 23.4. The number of hydrogen-bond acceptors (Lipinski definition) is 5. The van der Waals surface area contributed by atoms with Gasteiger partial charge in [0, 0.05) is 25.7 Å². The summed E-state index contributed by atoms with van der Waals surface area (Å²) in [4.78, 5) is 19.8.